The molecule has 1 aliphatic heterocycles. The Balaban J connectivity index is 2.27. The van der Waals surface area contributed by atoms with E-state index < -0.39 is 0 Å². The molecule has 0 aromatic heterocycles. The van der Waals surface area contributed by atoms with Crippen molar-refractivity contribution in [1.29, 1.82) is 0 Å². The van der Waals surface area contributed by atoms with Gasteiger partial charge < -0.3 is 15.2 Å². The van der Waals surface area contributed by atoms with Crippen LogP contribution in [-0.4, -0.2) is 43.9 Å². The van der Waals surface area contributed by atoms with Crippen molar-refractivity contribution in [3.05, 3.63) is 29.8 Å². The van der Waals surface area contributed by atoms with Crippen LogP contribution in [-0.2, 0) is 4.74 Å². The molecule has 118 valence electrons. The Kier molecular flexibility index (Phi) is 6.03. The second kappa shape index (κ2) is 7.78. The van der Waals surface area contributed by atoms with Gasteiger partial charge in [-0.1, -0.05) is 26.0 Å². The van der Waals surface area contributed by atoms with Crippen LogP contribution in [0.3, 0.4) is 0 Å². The van der Waals surface area contributed by atoms with E-state index in [0.29, 0.717) is 6.04 Å². The topological polar surface area (TPSA) is 47.7 Å². The number of nitrogens with zero attached hydrogens (tertiary/aromatic N) is 1. The van der Waals surface area contributed by atoms with Crippen molar-refractivity contribution in [2.24, 2.45) is 5.73 Å². The predicted octanol–water partition coefficient (Wildman–Crippen LogP) is 2.58. The van der Waals surface area contributed by atoms with Gasteiger partial charge in [0.15, 0.2) is 0 Å². The summed E-state index contributed by atoms with van der Waals surface area (Å²) in [5.74, 6) is 0.886. The van der Waals surface area contributed by atoms with Crippen LogP contribution in [0, 0.1) is 0 Å². The van der Waals surface area contributed by atoms with Crippen LogP contribution in [0.1, 0.15) is 38.3 Å². The Labute approximate surface area is 128 Å². The minimum atomic E-state index is 0.130. The minimum absolute atomic E-state index is 0.130. The van der Waals surface area contributed by atoms with Crippen molar-refractivity contribution in [3.8, 4) is 5.75 Å². The lowest BCUT2D eigenvalue weighted by Crippen LogP contribution is -2.51. The summed E-state index contributed by atoms with van der Waals surface area (Å²) in [7, 11) is 1.69. The van der Waals surface area contributed by atoms with Crippen molar-refractivity contribution in [3.63, 3.8) is 0 Å². The predicted molar refractivity (Wildman–Crippen MR) is 85.6 cm³/mol. The van der Waals surface area contributed by atoms with E-state index in [1.807, 2.05) is 12.1 Å². The lowest BCUT2D eigenvalue weighted by molar-refractivity contribution is -0.0362. The summed E-state index contributed by atoms with van der Waals surface area (Å²) in [4.78, 5) is 2.53. The molecule has 3 atom stereocenters. The third-order valence-electron chi connectivity index (χ3n) is 4.44. The highest BCUT2D eigenvalue weighted by atomic mass is 16.5. The van der Waals surface area contributed by atoms with Crippen molar-refractivity contribution >= 4 is 0 Å². The summed E-state index contributed by atoms with van der Waals surface area (Å²) in [6.45, 7) is 6.92. The molecule has 1 fully saturated rings. The number of methoxy groups -OCH3 is 1. The Hall–Kier alpha value is -1.10. The first-order valence-corrected chi connectivity index (χ1v) is 7.94. The summed E-state index contributed by atoms with van der Waals surface area (Å²) in [5.41, 5.74) is 7.72. The van der Waals surface area contributed by atoms with Gasteiger partial charge >= 0.3 is 0 Å². The van der Waals surface area contributed by atoms with E-state index in [4.69, 9.17) is 15.2 Å². The summed E-state index contributed by atoms with van der Waals surface area (Å²) < 4.78 is 10.9. The van der Waals surface area contributed by atoms with Crippen LogP contribution >= 0.6 is 0 Å². The highest BCUT2D eigenvalue weighted by molar-refractivity contribution is 5.30. The van der Waals surface area contributed by atoms with Crippen LogP contribution in [0.4, 0.5) is 0 Å². The van der Waals surface area contributed by atoms with E-state index >= 15 is 0 Å². The zero-order valence-electron chi connectivity index (χ0n) is 13.4. The van der Waals surface area contributed by atoms with Gasteiger partial charge in [-0.25, -0.2) is 0 Å². The minimum Gasteiger partial charge on any atom is -0.497 e. The number of ether oxygens (including phenoxy) is 2. The molecule has 0 saturated carbocycles. The Bertz CT molecular complexity index is 421. The van der Waals surface area contributed by atoms with Crippen LogP contribution in [0.5, 0.6) is 5.75 Å². The van der Waals surface area contributed by atoms with Gasteiger partial charge in [0.05, 0.1) is 26.4 Å². The van der Waals surface area contributed by atoms with Gasteiger partial charge in [0.2, 0.25) is 0 Å². The average Bonchev–Trinajstić information content (AvgIpc) is 2.56. The molecular weight excluding hydrogens is 264 g/mol. The largest absolute Gasteiger partial charge is 0.497 e. The first kappa shape index (κ1) is 16.3. The van der Waals surface area contributed by atoms with Gasteiger partial charge in [-0.15, -0.1) is 0 Å². The average molecular weight is 292 g/mol. The first-order valence-electron chi connectivity index (χ1n) is 7.94. The molecule has 21 heavy (non-hydrogen) atoms. The molecule has 1 heterocycles. The molecule has 0 bridgehead atoms. The van der Waals surface area contributed by atoms with E-state index in [2.05, 4.69) is 30.9 Å². The molecule has 1 aromatic carbocycles. The van der Waals surface area contributed by atoms with E-state index in [9.17, 15) is 0 Å². The summed E-state index contributed by atoms with van der Waals surface area (Å²) in [6, 6.07) is 9.14. The molecule has 0 aliphatic carbocycles. The van der Waals surface area contributed by atoms with Crippen molar-refractivity contribution < 1.29 is 9.47 Å². The smallest absolute Gasteiger partial charge is 0.118 e. The third-order valence-corrected chi connectivity index (χ3v) is 4.44. The molecule has 0 radical (unpaired) electrons. The lowest BCUT2D eigenvalue weighted by atomic mass is 9.94. The molecule has 2 N–H and O–H groups in total. The molecule has 1 aliphatic rings. The molecular formula is C17H28N2O2. The molecule has 3 unspecified atom stereocenters. The second-order valence-electron chi connectivity index (χ2n) is 5.66. The van der Waals surface area contributed by atoms with Gasteiger partial charge in [0, 0.05) is 18.6 Å². The van der Waals surface area contributed by atoms with Gasteiger partial charge in [0.25, 0.3) is 0 Å². The molecule has 0 spiro atoms. The Morgan fingerprint density at radius 3 is 2.62 bits per heavy atom. The molecule has 1 saturated heterocycles. The van der Waals surface area contributed by atoms with E-state index in [0.717, 1.165) is 38.3 Å². The summed E-state index contributed by atoms with van der Waals surface area (Å²) in [6.07, 6.45) is 2.05. The number of rotatable bonds is 6. The standard InChI is InChI=1S/C17H28N2O2/c1-4-14-12-21-11-10-19(14)17(16(18)5-2)13-6-8-15(20-3)9-7-13/h6-9,14,16-17H,4-5,10-12,18H2,1-3H3. The molecule has 0 amide bonds. The maximum absolute atomic E-state index is 6.45. The number of benzene rings is 1. The van der Waals surface area contributed by atoms with Crippen LogP contribution in [0.25, 0.3) is 0 Å². The second-order valence-corrected chi connectivity index (χ2v) is 5.66. The summed E-state index contributed by atoms with van der Waals surface area (Å²) >= 11 is 0. The van der Waals surface area contributed by atoms with Crippen molar-refractivity contribution in [1.82, 2.24) is 4.90 Å². The maximum atomic E-state index is 6.45. The third kappa shape index (κ3) is 3.76. The Morgan fingerprint density at radius 1 is 1.33 bits per heavy atom. The molecule has 2 rings (SSSR count). The molecule has 4 nitrogen and oxygen atoms in total. The number of morpholine rings is 1. The Morgan fingerprint density at radius 2 is 2.05 bits per heavy atom. The van der Waals surface area contributed by atoms with Gasteiger partial charge in [-0.05, 0) is 30.5 Å². The fraction of sp³-hybridized carbons (Fsp3) is 0.647. The van der Waals surface area contributed by atoms with E-state index in [1.165, 1.54) is 5.56 Å². The van der Waals surface area contributed by atoms with Crippen molar-refractivity contribution in [2.45, 2.75) is 44.8 Å². The zero-order chi connectivity index (χ0) is 15.2. The van der Waals surface area contributed by atoms with Crippen LogP contribution < -0.4 is 10.5 Å². The highest BCUT2D eigenvalue weighted by Gasteiger charge is 2.32. The van der Waals surface area contributed by atoms with E-state index in [-0.39, 0.29) is 12.1 Å². The van der Waals surface area contributed by atoms with Gasteiger partial charge in [0.1, 0.15) is 5.75 Å². The summed E-state index contributed by atoms with van der Waals surface area (Å²) in [5, 5.41) is 0. The quantitative estimate of drug-likeness (QED) is 0.875. The fourth-order valence-electron chi connectivity index (χ4n) is 3.10. The number of nitrogens with two attached hydrogens (primary N) is 1. The van der Waals surface area contributed by atoms with Crippen molar-refractivity contribution in [2.75, 3.05) is 26.9 Å². The number of hydrogen-bond acceptors (Lipinski definition) is 4. The fourth-order valence-corrected chi connectivity index (χ4v) is 3.10. The van der Waals surface area contributed by atoms with Crippen LogP contribution in [0.15, 0.2) is 24.3 Å². The molecule has 1 aromatic rings. The normalized spacial score (nSPS) is 22.8. The van der Waals surface area contributed by atoms with Gasteiger partial charge in [-0.2, -0.15) is 0 Å². The zero-order valence-corrected chi connectivity index (χ0v) is 13.4. The first-order chi connectivity index (χ1) is 10.2. The molecule has 4 heteroatoms. The lowest BCUT2D eigenvalue weighted by Gasteiger charge is -2.43. The monoisotopic (exact) mass is 292 g/mol. The highest BCUT2D eigenvalue weighted by Crippen LogP contribution is 2.30. The van der Waals surface area contributed by atoms with E-state index in [1.54, 1.807) is 7.11 Å². The van der Waals surface area contributed by atoms with Crippen LogP contribution in [0.2, 0.25) is 0 Å². The maximum Gasteiger partial charge on any atom is 0.118 e. The number of hydrogen-bond donors (Lipinski definition) is 1. The SMILES string of the molecule is CCC(N)C(c1ccc(OC)cc1)N1CCOCC1CC. The van der Waals surface area contributed by atoms with Gasteiger partial charge in [-0.3, -0.25) is 4.90 Å².